The van der Waals surface area contributed by atoms with Gasteiger partial charge in [-0.25, -0.2) is 0 Å². The largest absolute Gasteiger partial charge is 0.481 e. The maximum atomic E-state index is 11.2. The lowest BCUT2D eigenvalue weighted by molar-refractivity contribution is -0.137. The van der Waals surface area contributed by atoms with Crippen LogP contribution in [0.2, 0.25) is 0 Å². The van der Waals surface area contributed by atoms with Gasteiger partial charge in [-0.1, -0.05) is 0 Å². The summed E-state index contributed by atoms with van der Waals surface area (Å²) >= 11 is 0. The Labute approximate surface area is 93.9 Å². The lowest BCUT2D eigenvalue weighted by atomic mass is 10.2. The number of hydrogen-bond donors (Lipinski definition) is 1. The Morgan fingerprint density at radius 3 is 2.88 bits per heavy atom. The van der Waals surface area contributed by atoms with E-state index in [2.05, 4.69) is 0 Å². The third-order valence-corrected chi connectivity index (χ3v) is 3.12. The second-order valence-electron chi connectivity index (χ2n) is 4.33. The van der Waals surface area contributed by atoms with E-state index in [0.29, 0.717) is 12.5 Å². The summed E-state index contributed by atoms with van der Waals surface area (Å²) in [5.41, 5.74) is 1.10. The fourth-order valence-electron chi connectivity index (χ4n) is 2.15. The molecular formula is C12H15NO3. The van der Waals surface area contributed by atoms with E-state index in [-0.39, 0.29) is 18.1 Å². The van der Waals surface area contributed by atoms with Gasteiger partial charge in [0.25, 0.3) is 0 Å². The van der Waals surface area contributed by atoms with Crippen LogP contribution in [0.4, 0.5) is 0 Å². The van der Waals surface area contributed by atoms with Crippen molar-refractivity contribution >= 4 is 11.8 Å². The van der Waals surface area contributed by atoms with Crippen molar-refractivity contribution < 1.29 is 14.7 Å². The summed E-state index contributed by atoms with van der Waals surface area (Å²) in [6.07, 6.45) is 2.92. The summed E-state index contributed by atoms with van der Waals surface area (Å²) in [6, 6.07) is 3.89. The van der Waals surface area contributed by atoms with Crippen LogP contribution < -0.4 is 0 Å². The Bertz CT molecular complexity index is 422. The Morgan fingerprint density at radius 2 is 2.31 bits per heavy atom. The summed E-state index contributed by atoms with van der Waals surface area (Å²) in [5, 5.41) is 8.63. The zero-order valence-corrected chi connectivity index (χ0v) is 9.22. The molecule has 0 radical (unpaired) electrons. The van der Waals surface area contributed by atoms with Crippen molar-refractivity contribution in [3.63, 3.8) is 0 Å². The summed E-state index contributed by atoms with van der Waals surface area (Å²) < 4.78 is 1.95. The topological polar surface area (TPSA) is 59.3 Å². The molecule has 2 unspecified atom stereocenters. The summed E-state index contributed by atoms with van der Waals surface area (Å²) in [7, 11) is 0. The number of aryl methyl sites for hydroxylation is 1. The second kappa shape index (κ2) is 4.12. The number of hydrogen-bond acceptors (Lipinski definition) is 2. The minimum absolute atomic E-state index is 0.124. The first-order chi connectivity index (χ1) is 7.59. The summed E-state index contributed by atoms with van der Waals surface area (Å²) in [6.45, 7) is 2.11. The number of aliphatic carboxylic acids is 1. The van der Waals surface area contributed by atoms with Gasteiger partial charge in [0, 0.05) is 30.3 Å². The number of ketones is 1. The number of aromatic nitrogens is 1. The zero-order valence-electron chi connectivity index (χ0n) is 9.22. The molecule has 1 aromatic heterocycles. The minimum Gasteiger partial charge on any atom is -0.481 e. The molecule has 4 nitrogen and oxygen atoms in total. The zero-order chi connectivity index (χ0) is 11.7. The van der Waals surface area contributed by atoms with Crippen molar-refractivity contribution in [1.29, 1.82) is 0 Å². The van der Waals surface area contributed by atoms with Crippen LogP contribution in [0, 0.1) is 5.92 Å². The summed E-state index contributed by atoms with van der Waals surface area (Å²) in [4.78, 5) is 21.7. The number of carboxylic acids is 1. The molecule has 1 saturated carbocycles. The van der Waals surface area contributed by atoms with Crippen LogP contribution in [0.1, 0.15) is 31.4 Å². The van der Waals surface area contributed by atoms with Gasteiger partial charge >= 0.3 is 5.97 Å². The van der Waals surface area contributed by atoms with Gasteiger partial charge in [0.1, 0.15) is 5.78 Å². The Kier molecular flexibility index (Phi) is 2.81. The highest BCUT2D eigenvalue weighted by atomic mass is 16.4. The molecule has 2 rings (SSSR count). The molecule has 1 fully saturated rings. The molecule has 1 aliphatic rings. The Morgan fingerprint density at radius 1 is 1.56 bits per heavy atom. The average molecular weight is 221 g/mol. The molecule has 0 bridgehead atoms. The minimum atomic E-state index is -0.793. The molecule has 86 valence electrons. The average Bonchev–Trinajstić information content (AvgIpc) is 2.88. The maximum Gasteiger partial charge on any atom is 0.305 e. The molecule has 4 heteroatoms. The lowest BCUT2D eigenvalue weighted by Gasteiger charge is -2.06. The first-order valence-corrected chi connectivity index (χ1v) is 5.47. The van der Waals surface area contributed by atoms with Crippen molar-refractivity contribution in [3.05, 3.63) is 24.0 Å². The van der Waals surface area contributed by atoms with Gasteiger partial charge in [0.15, 0.2) is 0 Å². The van der Waals surface area contributed by atoms with E-state index in [1.165, 1.54) is 0 Å². The van der Waals surface area contributed by atoms with Gasteiger partial charge in [0.2, 0.25) is 0 Å². The van der Waals surface area contributed by atoms with Gasteiger partial charge in [-0.3, -0.25) is 9.59 Å². The molecule has 1 heterocycles. The number of rotatable bonds is 5. The van der Waals surface area contributed by atoms with E-state index in [9.17, 15) is 9.59 Å². The SMILES string of the molecule is CC(=O)C1CC1c1cccn1CCC(=O)O. The van der Waals surface area contributed by atoms with Gasteiger partial charge < -0.3 is 9.67 Å². The van der Waals surface area contributed by atoms with Crippen molar-refractivity contribution in [2.75, 3.05) is 0 Å². The van der Waals surface area contributed by atoms with Crippen molar-refractivity contribution in [1.82, 2.24) is 4.57 Å². The molecule has 0 aliphatic heterocycles. The quantitative estimate of drug-likeness (QED) is 0.822. The maximum absolute atomic E-state index is 11.2. The smallest absolute Gasteiger partial charge is 0.305 e. The van der Waals surface area contributed by atoms with Crippen LogP contribution in [0.3, 0.4) is 0 Å². The highest BCUT2D eigenvalue weighted by Crippen LogP contribution is 2.47. The van der Waals surface area contributed by atoms with Gasteiger partial charge in [-0.15, -0.1) is 0 Å². The number of carbonyl (C=O) groups is 2. The molecule has 0 saturated heterocycles. The number of carboxylic acid groups (broad SMARTS) is 1. The van der Waals surface area contributed by atoms with Crippen LogP contribution >= 0.6 is 0 Å². The fraction of sp³-hybridized carbons (Fsp3) is 0.500. The molecule has 1 aromatic rings. The van der Waals surface area contributed by atoms with Crippen LogP contribution in [-0.4, -0.2) is 21.4 Å². The first-order valence-electron chi connectivity index (χ1n) is 5.47. The van der Waals surface area contributed by atoms with E-state index in [0.717, 1.165) is 12.1 Å². The van der Waals surface area contributed by atoms with Crippen molar-refractivity contribution in [3.8, 4) is 0 Å². The number of nitrogens with zero attached hydrogens (tertiary/aromatic N) is 1. The van der Waals surface area contributed by atoms with Crippen molar-refractivity contribution in [2.24, 2.45) is 5.92 Å². The molecule has 1 N–H and O–H groups in total. The standard InChI is InChI=1S/C12H15NO3/c1-8(14)9-7-10(9)11-3-2-5-13(11)6-4-12(15)16/h2-3,5,9-10H,4,6-7H2,1H3,(H,15,16). The molecule has 0 aromatic carbocycles. The van der Waals surface area contributed by atoms with Gasteiger partial charge in [0.05, 0.1) is 6.42 Å². The number of carbonyl (C=O) groups excluding carboxylic acids is 1. The lowest BCUT2D eigenvalue weighted by Crippen LogP contribution is -2.07. The fourth-order valence-corrected chi connectivity index (χ4v) is 2.15. The van der Waals surface area contributed by atoms with E-state index in [1.54, 1.807) is 6.92 Å². The Balaban J connectivity index is 2.03. The molecule has 1 aliphatic carbocycles. The van der Waals surface area contributed by atoms with Crippen molar-refractivity contribution in [2.45, 2.75) is 32.2 Å². The predicted molar refractivity (Wildman–Crippen MR) is 58.2 cm³/mol. The summed E-state index contributed by atoms with van der Waals surface area (Å²) in [5.74, 6) is -0.102. The van der Waals surface area contributed by atoms with Crippen LogP contribution in [-0.2, 0) is 16.1 Å². The van der Waals surface area contributed by atoms with E-state index in [4.69, 9.17) is 5.11 Å². The monoisotopic (exact) mass is 221 g/mol. The predicted octanol–water partition coefficient (Wildman–Crippen LogP) is 1.66. The number of Topliss-reactive ketones (excluding diaryl/α,β-unsaturated/α-hetero) is 1. The molecule has 16 heavy (non-hydrogen) atoms. The van der Waals surface area contributed by atoms with Crippen LogP contribution in [0.25, 0.3) is 0 Å². The Hall–Kier alpha value is -1.58. The normalized spacial score (nSPS) is 23.1. The molecule has 0 amide bonds. The molecule has 2 atom stereocenters. The van der Waals surface area contributed by atoms with E-state index >= 15 is 0 Å². The second-order valence-corrected chi connectivity index (χ2v) is 4.33. The first kappa shape index (κ1) is 10.9. The molecule has 0 spiro atoms. The van der Waals surface area contributed by atoms with Crippen LogP contribution in [0.15, 0.2) is 18.3 Å². The van der Waals surface area contributed by atoms with Gasteiger partial charge in [-0.2, -0.15) is 0 Å². The highest BCUT2D eigenvalue weighted by Gasteiger charge is 2.43. The third kappa shape index (κ3) is 2.15. The molecular weight excluding hydrogens is 206 g/mol. The van der Waals surface area contributed by atoms with E-state index < -0.39 is 5.97 Å². The highest BCUT2D eigenvalue weighted by molar-refractivity contribution is 5.82. The van der Waals surface area contributed by atoms with Crippen LogP contribution in [0.5, 0.6) is 0 Å². The third-order valence-electron chi connectivity index (χ3n) is 3.12. The van der Waals surface area contributed by atoms with E-state index in [1.807, 2.05) is 22.9 Å². The van der Waals surface area contributed by atoms with Gasteiger partial charge in [-0.05, 0) is 25.5 Å².